The van der Waals surface area contributed by atoms with E-state index in [1.54, 1.807) is 43.3 Å². The zero-order chi connectivity index (χ0) is 19.6. The van der Waals surface area contributed by atoms with Gasteiger partial charge in [-0.25, -0.2) is 9.59 Å². The average molecular weight is 404 g/mol. The van der Waals surface area contributed by atoms with Gasteiger partial charge in [-0.1, -0.05) is 54.1 Å². The lowest BCUT2D eigenvalue weighted by Crippen LogP contribution is -2.41. The molecule has 7 nitrogen and oxygen atoms in total. The molecule has 0 saturated carbocycles. The highest BCUT2D eigenvalue weighted by Gasteiger charge is 2.23. The largest absolute Gasteiger partial charge is 0.377 e. The van der Waals surface area contributed by atoms with Crippen LogP contribution in [-0.2, 0) is 0 Å². The fourth-order valence-electron chi connectivity index (χ4n) is 2.53. The van der Waals surface area contributed by atoms with Crippen LogP contribution in [0.25, 0.3) is 11.8 Å². The van der Waals surface area contributed by atoms with Crippen LogP contribution in [0.2, 0.25) is 10.0 Å². The lowest BCUT2D eigenvalue weighted by atomic mass is 10.2. The molecule has 0 fully saturated rings. The van der Waals surface area contributed by atoms with E-state index in [2.05, 4.69) is 17.0 Å². The summed E-state index contributed by atoms with van der Waals surface area (Å²) in [4.78, 5) is 26.9. The Morgan fingerprint density at radius 1 is 1.15 bits per heavy atom. The molecule has 0 radical (unpaired) electrons. The maximum Gasteiger partial charge on any atom is 0.377 e. The van der Waals surface area contributed by atoms with E-state index in [0.717, 1.165) is 10.2 Å². The zero-order valence-electron chi connectivity index (χ0n) is 14.3. The van der Waals surface area contributed by atoms with Crippen molar-refractivity contribution in [2.75, 3.05) is 11.4 Å². The molecule has 0 aliphatic heterocycles. The van der Waals surface area contributed by atoms with Crippen LogP contribution < -0.4 is 10.6 Å². The Balaban J connectivity index is 2.01. The number of amides is 1. The van der Waals surface area contributed by atoms with Crippen LogP contribution >= 0.6 is 23.2 Å². The van der Waals surface area contributed by atoms with Gasteiger partial charge < -0.3 is 0 Å². The first-order valence-electron chi connectivity index (χ1n) is 8.01. The van der Waals surface area contributed by atoms with E-state index in [1.165, 1.54) is 4.90 Å². The van der Waals surface area contributed by atoms with E-state index in [0.29, 0.717) is 16.9 Å². The van der Waals surface area contributed by atoms with E-state index in [4.69, 9.17) is 23.2 Å². The standard InChI is InChI=1S/C18H15Cl2N5O2/c1-3-12-8-10-13(11-9-12)23(4-2)17(26)25-18(27)24(21-22-25)16-14(19)6-5-7-15(16)20/h3,5-11H,1,4H2,2H3. The molecule has 0 aliphatic carbocycles. The molecule has 9 heteroatoms. The summed E-state index contributed by atoms with van der Waals surface area (Å²) in [6.45, 7) is 5.82. The molecule has 1 aromatic heterocycles. The number of anilines is 1. The molecule has 1 amide bonds. The Morgan fingerprint density at radius 2 is 1.78 bits per heavy atom. The molecule has 3 aromatic rings. The minimum atomic E-state index is -0.767. The van der Waals surface area contributed by atoms with Crippen molar-refractivity contribution in [3.8, 4) is 5.69 Å². The fourth-order valence-corrected chi connectivity index (χ4v) is 3.09. The van der Waals surface area contributed by atoms with Crippen LogP contribution in [0.4, 0.5) is 10.5 Å². The molecule has 3 rings (SSSR count). The summed E-state index contributed by atoms with van der Waals surface area (Å²) in [7, 11) is 0. The van der Waals surface area contributed by atoms with Crippen molar-refractivity contribution in [2.24, 2.45) is 0 Å². The van der Waals surface area contributed by atoms with Gasteiger partial charge in [0.2, 0.25) is 0 Å². The molecule has 0 saturated heterocycles. The van der Waals surface area contributed by atoms with Crippen molar-refractivity contribution in [1.29, 1.82) is 0 Å². The van der Waals surface area contributed by atoms with Crippen LogP contribution in [0.3, 0.4) is 0 Å². The summed E-state index contributed by atoms with van der Waals surface area (Å²) in [5.41, 5.74) is 0.934. The number of hydrogen-bond donors (Lipinski definition) is 0. The lowest BCUT2D eigenvalue weighted by Gasteiger charge is -2.19. The van der Waals surface area contributed by atoms with Gasteiger partial charge in [-0.15, -0.1) is 4.68 Å². The number of tetrazole rings is 1. The van der Waals surface area contributed by atoms with Crippen molar-refractivity contribution in [3.63, 3.8) is 0 Å². The molecule has 0 unspecified atom stereocenters. The van der Waals surface area contributed by atoms with Gasteiger partial charge in [0.05, 0.1) is 10.0 Å². The number of benzene rings is 2. The maximum absolute atomic E-state index is 12.9. The summed E-state index contributed by atoms with van der Waals surface area (Å²) in [6.07, 6.45) is 1.70. The van der Waals surface area contributed by atoms with Gasteiger partial charge in [-0.3, -0.25) is 4.90 Å². The number of rotatable bonds is 4. The van der Waals surface area contributed by atoms with Crippen LogP contribution in [0.15, 0.2) is 53.8 Å². The number of hydrogen-bond acceptors (Lipinski definition) is 4. The van der Waals surface area contributed by atoms with E-state index in [1.807, 2.05) is 12.1 Å². The van der Waals surface area contributed by atoms with Crippen LogP contribution in [0.1, 0.15) is 12.5 Å². The predicted octanol–water partition coefficient (Wildman–Crippen LogP) is 3.87. The predicted molar refractivity (Wildman–Crippen MR) is 106 cm³/mol. The van der Waals surface area contributed by atoms with Gasteiger partial charge in [0.15, 0.2) is 0 Å². The summed E-state index contributed by atoms with van der Waals surface area (Å²) in [6, 6.07) is 11.3. The molecule has 27 heavy (non-hydrogen) atoms. The first-order valence-corrected chi connectivity index (χ1v) is 8.77. The third kappa shape index (κ3) is 3.51. The molecule has 0 aliphatic rings. The molecule has 2 aromatic carbocycles. The zero-order valence-corrected chi connectivity index (χ0v) is 15.9. The van der Waals surface area contributed by atoms with E-state index in [9.17, 15) is 9.59 Å². The third-order valence-corrected chi connectivity index (χ3v) is 4.51. The Hall–Kier alpha value is -2.90. The number of carbonyl (C=O) groups excluding carboxylic acids is 1. The number of nitrogens with zero attached hydrogens (tertiary/aromatic N) is 5. The summed E-state index contributed by atoms with van der Waals surface area (Å²) < 4.78 is 1.57. The smallest absolute Gasteiger partial charge is 0.293 e. The quantitative estimate of drug-likeness (QED) is 0.619. The first-order chi connectivity index (χ1) is 13.0. The van der Waals surface area contributed by atoms with Gasteiger partial charge >= 0.3 is 11.7 Å². The van der Waals surface area contributed by atoms with Gasteiger partial charge in [0, 0.05) is 12.2 Å². The Morgan fingerprint density at radius 3 is 2.33 bits per heavy atom. The van der Waals surface area contributed by atoms with E-state index in [-0.39, 0.29) is 15.7 Å². The van der Waals surface area contributed by atoms with E-state index < -0.39 is 11.7 Å². The third-order valence-electron chi connectivity index (χ3n) is 3.90. The van der Waals surface area contributed by atoms with Crippen molar-refractivity contribution in [1.82, 2.24) is 19.8 Å². The van der Waals surface area contributed by atoms with Crippen molar-refractivity contribution in [2.45, 2.75) is 6.92 Å². The van der Waals surface area contributed by atoms with Crippen LogP contribution in [-0.4, -0.2) is 32.4 Å². The number of aromatic nitrogens is 4. The minimum absolute atomic E-state index is 0.170. The summed E-state index contributed by atoms with van der Waals surface area (Å²) >= 11 is 12.2. The highest BCUT2D eigenvalue weighted by Crippen LogP contribution is 2.26. The Kier molecular flexibility index (Phi) is 5.43. The molecule has 1 heterocycles. The van der Waals surface area contributed by atoms with Crippen LogP contribution in [0, 0.1) is 0 Å². The van der Waals surface area contributed by atoms with Gasteiger partial charge in [0.1, 0.15) is 5.69 Å². The maximum atomic E-state index is 12.9. The molecule has 0 bridgehead atoms. The van der Waals surface area contributed by atoms with Gasteiger partial charge in [0.25, 0.3) is 0 Å². The minimum Gasteiger partial charge on any atom is -0.293 e. The normalized spacial score (nSPS) is 10.6. The SMILES string of the molecule is C=Cc1ccc(N(CC)C(=O)n2nnn(-c3c(Cl)cccc3Cl)c2=O)cc1. The highest BCUT2D eigenvalue weighted by atomic mass is 35.5. The Labute approximate surface area is 165 Å². The molecule has 0 spiro atoms. The first kappa shape index (κ1) is 18.9. The molecule has 0 N–H and O–H groups in total. The second-order valence-electron chi connectivity index (χ2n) is 5.48. The molecule has 138 valence electrons. The molecular formula is C18H15Cl2N5O2. The Bertz CT molecular complexity index is 1040. The van der Waals surface area contributed by atoms with Crippen molar-refractivity contribution in [3.05, 3.63) is 75.1 Å². The van der Waals surface area contributed by atoms with Crippen molar-refractivity contribution >= 4 is 41.0 Å². The lowest BCUT2D eigenvalue weighted by molar-refractivity contribution is 0.244. The van der Waals surface area contributed by atoms with Crippen molar-refractivity contribution < 1.29 is 4.79 Å². The molecule has 0 atom stereocenters. The second kappa shape index (κ2) is 7.77. The van der Waals surface area contributed by atoms with Gasteiger partial charge in [-0.05, 0) is 47.2 Å². The fraction of sp³-hybridized carbons (Fsp3) is 0.111. The topological polar surface area (TPSA) is 73.0 Å². The second-order valence-corrected chi connectivity index (χ2v) is 6.29. The highest BCUT2D eigenvalue weighted by molar-refractivity contribution is 6.37. The van der Waals surface area contributed by atoms with E-state index >= 15 is 0 Å². The average Bonchev–Trinajstić information content (AvgIpc) is 3.04. The number of carbonyl (C=O) groups is 1. The number of para-hydroxylation sites is 1. The van der Waals surface area contributed by atoms with Gasteiger partial charge in [-0.2, -0.15) is 4.68 Å². The monoisotopic (exact) mass is 403 g/mol. The van der Waals surface area contributed by atoms with Crippen LogP contribution in [0.5, 0.6) is 0 Å². The number of halogens is 2. The summed E-state index contributed by atoms with van der Waals surface area (Å²) in [5, 5.41) is 7.89. The molecular weight excluding hydrogens is 389 g/mol. The summed E-state index contributed by atoms with van der Waals surface area (Å²) in [5.74, 6) is 0.